The van der Waals surface area contributed by atoms with Crippen LogP contribution in [0.15, 0.2) is 28.7 Å². The van der Waals surface area contributed by atoms with Crippen molar-refractivity contribution in [3.8, 4) is 0 Å². The fraction of sp³-hybridized carbons (Fsp3) is 0.571. The Morgan fingerprint density at radius 3 is 2.82 bits per heavy atom. The van der Waals surface area contributed by atoms with Gasteiger partial charge in [-0.2, -0.15) is 0 Å². The number of rotatable bonds is 8. The van der Waals surface area contributed by atoms with Crippen molar-refractivity contribution in [3.63, 3.8) is 0 Å². The van der Waals surface area contributed by atoms with Crippen LogP contribution in [0.25, 0.3) is 0 Å². The van der Waals surface area contributed by atoms with Crippen molar-refractivity contribution in [1.29, 1.82) is 0 Å². The molecule has 0 aromatic heterocycles. The second-order valence-electron chi connectivity index (χ2n) is 4.38. The van der Waals surface area contributed by atoms with Crippen LogP contribution in [0, 0.1) is 5.92 Å². The molecule has 96 valence electrons. The molecule has 1 N–H and O–H groups in total. The third-order valence-corrected chi connectivity index (χ3v) is 3.31. The summed E-state index contributed by atoms with van der Waals surface area (Å²) in [5.41, 5.74) is 1.12. The smallest absolute Gasteiger partial charge is 0.0639 e. The molecule has 3 heteroatoms. The summed E-state index contributed by atoms with van der Waals surface area (Å²) in [5.74, 6) is 0.670. The zero-order valence-electron chi connectivity index (χ0n) is 10.7. The fourth-order valence-electron chi connectivity index (χ4n) is 1.72. The van der Waals surface area contributed by atoms with E-state index >= 15 is 0 Å². The lowest BCUT2D eigenvalue weighted by atomic mass is 10.1. The highest BCUT2D eigenvalue weighted by Crippen LogP contribution is 2.20. The quantitative estimate of drug-likeness (QED) is 0.722. The third kappa shape index (κ3) is 6.08. The van der Waals surface area contributed by atoms with Crippen LogP contribution in [0.3, 0.4) is 0 Å². The Bertz CT molecular complexity index is 317. The van der Waals surface area contributed by atoms with Crippen molar-refractivity contribution < 1.29 is 4.74 Å². The van der Waals surface area contributed by atoms with E-state index in [1.807, 2.05) is 18.2 Å². The number of benzene rings is 1. The molecule has 1 atom stereocenters. The van der Waals surface area contributed by atoms with E-state index in [-0.39, 0.29) is 0 Å². The van der Waals surface area contributed by atoms with Gasteiger partial charge >= 0.3 is 0 Å². The normalized spacial score (nSPS) is 12.4. The second kappa shape index (κ2) is 8.54. The Labute approximate surface area is 113 Å². The molecule has 0 heterocycles. The predicted molar refractivity (Wildman–Crippen MR) is 77.5 cm³/mol. The number of ether oxygens (including phenoxy) is 1. The summed E-state index contributed by atoms with van der Waals surface area (Å²) < 4.78 is 6.73. The molecule has 0 aliphatic heterocycles. The van der Waals surface area contributed by atoms with Gasteiger partial charge in [-0.3, -0.25) is 0 Å². The first kappa shape index (κ1) is 14.5. The monoisotopic (exact) mass is 299 g/mol. The van der Waals surface area contributed by atoms with Crippen LogP contribution in [0.2, 0.25) is 0 Å². The van der Waals surface area contributed by atoms with Gasteiger partial charge in [-0.05, 0) is 40.4 Å². The first-order chi connectivity index (χ1) is 8.24. The number of hydrogen-bond donors (Lipinski definition) is 1. The molecule has 0 spiro atoms. The van der Waals surface area contributed by atoms with Gasteiger partial charge < -0.3 is 10.1 Å². The molecule has 2 nitrogen and oxygen atoms in total. The van der Waals surface area contributed by atoms with E-state index in [4.69, 9.17) is 4.74 Å². The second-order valence-corrected chi connectivity index (χ2v) is 5.23. The molecule has 1 aromatic rings. The molecule has 0 amide bonds. The van der Waals surface area contributed by atoms with E-state index in [0.717, 1.165) is 29.9 Å². The van der Waals surface area contributed by atoms with E-state index in [0.29, 0.717) is 5.92 Å². The largest absolute Gasteiger partial charge is 0.382 e. The number of halogens is 1. The molecule has 0 aliphatic rings. The highest BCUT2D eigenvalue weighted by atomic mass is 79.9. The molecule has 0 fully saturated rings. The minimum atomic E-state index is 0.670. The molecule has 0 aliphatic carbocycles. The minimum absolute atomic E-state index is 0.670. The Balaban J connectivity index is 2.10. The van der Waals surface area contributed by atoms with E-state index in [9.17, 15) is 0 Å². The molecule has 1 unspecified atom stereocenters. The lowest BCUT2D eigenvalue weighted by molar-refractivity contribution is 0.110. The van der Waals surface area contributed by atoms with Gasteiger partial charge in [0.15, 0.2) is 0 Å². The number of anilines is 1. The Kier molecular flexibility index (Phi) is 7.29. The van der Waals surface area contributed by atoms with Crippen molar-refractivity contribution in [2.45, 2.75) is 26.7 Å². The van der Waals surface area contributed by atoms with E-state index in [2.05, 4.69) is 41.2 Å². The van der Waals surface area contributed by atoms with Gasteiger partial charge in [0.05, 0.1) is 6.61 Å². The van der Waals surface area contributed by atoms with E-state index in [1.54, 1.807) is 0 Å². The van der Waals surface area contributed by atoms with Crippen molar-refractivity contribution >= 4 is 21.6 Å². The van der Waals surface area contributed by atoms with Gasteiger partial charge in [0.2, 0.25) is 0 Å². The molecular formula is C14H22BrNO. The molecule has 1 aromatic carbocycles. The van der Waals surface area contributed by atoms with Crippen molar-refractivity contribution in [2.24, 2.45) is 5.92 Å². The number of hydrogen-bond acceptors (Lipinski definition) is 2. The molecule has 1 rings (SSSR count). The first-order valence-corrected chi connectivity index (χ1v) is 7.09. The summed E-state index contributed by atoms with van der Waals surface area (Å²) in [6, 6.07) is 8.13. The fourth-order valence-corrected chi connectivity index (χ4v) is 2.15. The van der Waals surface area contributed by atoms with Crippen LogP contribution in [0.5, 0.6) is 0 Å². The van der Waals surface area contributed by atoms with Gasteiger partial charge in [-0.25, -0.2) is 0 Å². The molecular weight excluding hydrogens is 278 g/mol. The maximum Gasteiger partial charge on any atom is 0.0639 e. The Hall–Kier alpha value is -0.540. The molecule has 0 saturated carbocycles. The SMILES string of the molecule is CCCC(C)COCCNc1ccccc1Br. The first-order valence-electron chi connectivity index (χ1n) is 6.30. The van der Waals surface area contributed by atoms with Crippen molar-refractivity contribution in [2.75, 3.05) is 25.1 Å². The highest BCUT2D eigenvalue weighted by Gasteiger charge is 2.00. The maximum absolute atomic E-state index is 5.63. The zero-order chi connectivity index (χ0) is 12.5. The molecule has 0 saturated heterocycles. The van der Waals surface area contributed by atoms with Gasteiger partial charge in [0.1, 0.15) is 0 Å². The summed E-state index contributed by atoms with van der Waals surface area (Å²) in [6.45, 7) is 6.93. The lowest BCUT2D eigenvalue weighted by Crippen LogP contribution is -2.13. The summed E-state index contributed by atoms with van der Waals surface area (Å²) in [5, 5.41) is 3.35. The number of nitrogens with one attached hydrogen (secondary N) is 1. The predicted octanol–water partition coefficient (Wildman–Crippen LogP) is 4.31. The van der Waals surface area contributed by atoms with Gasteiger partial charge in [0.25, 0.3) is 0 Å². The van der Waals surface area contributed by atoms with Gasteiger partial charge in [-0.15, -0.1) is 0 Å². The van der Waals surface area contributed by atoms with Crippen LogP contribution in [-0.2, 0) is 4.74 Å². The Morgan fingerprint density at radius 2 is 2.12 bits per heavy atom. The van der Waals surface area contributed by atoms with Crippen LogP contribution in [-0.4, -0.2) is 19.8 Å². The topological polar surface area (TPSA) is 21.3 Å². The van der Waals surface area contributed by atoms with E-state index < -0.39 is 0 Å². The molecule has 0 radical (unpaired) electrons. The van der Waals surface area contributed by atoms with Crippen LogP contribution in [0.4, 0.5) is 5.69 Å². The third-order valence-electron chi connectivity index (χ3n) is 2.62. The molecule has 0 bridgehead atoms. The highest BCUT2D eigenvalue weighted by molar-refractivity contribution is 9.10. The van der Waals surface area contributed by atoms with Crippen LogP contribution >= 0.6 is 15.9 Å². The van der Waals surface area contributed by atoms with Crippen molar-refractivity contribution in [1.82, 2.24) is 0 Å². The van der Waals surface area contributed by atoms with Crippen LogP contribution in [0.1, 0.15) is 26.7 Å². The van der Waals surface area contributed by atoms with E-state index in [1.165, 1.54) is 12.8 Å². The standard InChI is InChI=1S/C14H22BrNO/c1-3-6-12(2)11-17-10-9-16-14-8-5-4-7-13(14)15/h4-5,7-8,12,16H,3,6,9-11H2,1-2H3. The minimum Gasteiger partial charge on any atom is -0.382 e. The molecule has 17 heavy (non-hydrogen) atoms. The zero-order valence-corrected chi connectivity index (χ0v) is 12.3. The van der Waals surface area contributed by atoms with Crippen molar-refractivity contribution in [3.05, 3.63) is 28.7 Å². The van der Waals surface area contributed by atoms with Crippen LogP contribution < -0.4 is 5.32 Å². The van der Waals surface area contributed by atoms with Gasteiger partial charge in [0, 0.05) is 23.3 Å². The average Bonchev–Trinajstić information content (AvgIpc) is 2.31. The van der Waals surface area contributed by atoms with Gasteiger partial charge in [-0.1, -0.05) is 32.4 Å². The summed E-state index contributed by atoms with van der Waals surface area (Å²) in [4.78, 5) is 0. The maximum atomic E-state index is 5.63. The summed E-state index contributed by atoms with van der Waals surface area (Å²) in [7, 11) is 0. The lowest BCUT2D eigenvalue weighted by Gasteiger charge is -2.12. The number of para-hydroxylation sites is 1. The summed E-state index contributed by atoms with van der Waals surface area (Å²) >= 11 is 3.51. The Morgan fingerprint density at radius 1 is 1.35 bits per heavy atom. The average molecular weight is 300 g/mol. The summed E-state index contributed by atoms with van der Waals surface area (Å²) in [6.07, 6.45) is 2.48.